The van der Waals surface area contributed by atoms with Crippen molar-refractivity contribution in [2.24, 2.45) is 35.0 Å². The van der Waals surface area contributed by atoms with Crippen LogP contribution in [0.4, 0.5) is 0 Å². The minimum atomic E-state index is -2.80. The van der Waals surface area contributed by atoms with E-state index in [1.54, 1.807) is 30.5 Å². The molecule has 43 nitrogen and oxygen atoms in total. The number of aliphatic hydroxyl groups is 1. The summed E-state index contributed by atoms with van der Waals surface area (Å²) in [7, 11) is 0.903. The van der Waals surface area contributed by atoms with Crippen LogP contribution in [0.1, 0.15) is 163 Å². The van der Waals surface area contributed by atoms with Crippen molar-refractivity contribution in [3.63, 3.8) is 0 Å². The number of nitrogens with zero attached hydrogens (tertiary/aromatic N) is 1. The number of hydrogen-bond acceptors (Lipinski definition) is 23. The minimum absolute atomic E-state index is 0.0243. The van der Waals surface area contributed by atoms with Crippen molar-refractivity contribution in [2.45, 2.75) is 243 Å². The Morgan fingerprint density at radius 1 is 0.586 bits per heavy atom. The molecular formula is C73H111N17O26. The van der Waals surface area contributed by atoms with Crippen molar-refractivity contribution in [1.82, 2.24) is 73.7 Å². The van der Waals surface area contributed by atoms with Gasteiger partial charge in [0.15, 0.2) is 6.10 Å². The fourth-order valence-electron chi connectivity index (χ4n) is 12.0. The van der Waals surface area contributed by atoms with Crippen LogP contribution in [0, 0.1) is 17.8 Å². The number of nitrogens with two attached hydrogens (primary N) is 3. The number of esters is 1. The van der Waals surface area contributed by atoms with E-state index in [2.05, 4.69) is 72.0 Å². The molecule has 1 aromatic heterocycles. The molecule has 0 aliphatic carbocycles. The maximum atomic E-state index is 15.0. The van der Waals surface area contributed by atoms with Crippen LogP contribution in [0.15, 0.2) is 30.5 Å². The summed E-state index contributed by atoms with van der Waals surface area (Å²) in [5.74, 6) is -29.9. The van der Waals surface area contributed by atoms with Gasteiger partial charge in [0.1, 0.15) is 72.6 Å². The molecule has 0 bridgehead atoms. The zero-order chi connectivity index (χ0) is 87.4. The van der Waals surface area contributed by atoms with Gasteiger partial charge in [-0.2, -0.15) is 0 Å². The monoisotopic (exact) mass is 1640 g/mol. The van der Waals surface area contributed by atoms with E-state index in [0.29, 0.717) is 40.1 Å². The van der Waals surface area contributed by atoms with Crippen LogP contribution in [-0.2, 0) is 107 Å². The van der Waals surface area contributed by atoms with E-state index < -0.39 is 261 Å². The summed E-state index contributed by atoms with van der Waals surface area (Å²) < 4.78 is 5.78. The molecule has 2 heterocycles. The number of carbonyl (C=O) groups is 20. The molecule has 1 fully saturated rings. The number of H-pyrrole nitrogens is 1. The highest BCUT2D eigenvalue weighted by Gasteiger charge is 2.43. The minimum Gasteiger partial charge on any atom is -0.481 e. The normalized spacial score (nSPS) is 22.1. The molecule has 1 aliphatic rings. The summed E-state index contributed by atoms with van der Waals surface area (Å²) >= 11 is 0. The van der Waals surface area contributed by atoms with Gasteiger partial charge in [0.25, 0.3) is 0 Å². The molecule has 116 heavy (non-hydrogen) atoms. The SMILES string of the molecule is CCC(C)CCCCCCC(=O)N[C@@H](Cc1c[nH]c2ccccc12)C(=O)N[C@H](CCC(=O)O)C(=O)N[C@H](C(=O)N[C@@H]1C(=O)N(C)CC(=O)N[C@@H](C)C(=O)N[C@@H](CC(=O)O)C(=O)N[C@H](CCCCN)C(=O)N[C@@H](CC(=O)O)C(=O)NCC(=O)N[C@H](CC(N)=O)C(=O)N[C@@H](C(C)CC(=O)O)C(=O)N[C@@H]([C@@H](C)CC)C(=O)O[C@@H]1C)C(O)C(N)=O. The number of aromatic amines is 1. The topological polar surface area (TPSA) is 693 Å². The van der Waals surface area contributed by atoms with Crippen molar-refractivity contribution in [1.29, 1.82) is 0 Å². The molecule has 15 amide bonds. The fourth-order valence-corrected chi connectivity index (χ4v) is 12.0. The lowest BCUT2D eigenvalue weighted by molar-refractivity contribution is -0.159. The van der Waals surface area contributed by atoms with Crippen molar-refractivity contribution < 1.29 is 126 Å². The number of fused-ring (bicyclic) bond motifs is 1. The number of para-hydroxylation sites is 1. The number of carboxylic acids is 4. The Kier molecular flexibility index (Phi) is 41.5. The van der Waals surface area contributed by atoms with Gasteiger partial charge >= 0.3 is 29.8 Å². The Labute approximate surface area is 667 Å². The number of rotatable bonds is 37. The molecule has 0 spiro atoms. The number of primary amides is 2. The molecule has 644 valence electrons. The molecule has 3 rings (SSSR count). The van der Waals surface area contributed by atoms with E-state index in [9.17, 15) is 117 Å². The predicted octanol–water partition coefficient (Wildman–Crippen LogP) is -5.21. The first-order valence-electron chi connectivity index (χ1n) is 37.9. The van der Waals surface area contributed by atoms with Crippen LogP contribution < -0.4 is 81.0 Å². The highest BCUT2D eigenvalue weighted by atomic mass is 16.5. The fraction of sp³-hybridized carbons (Fsp3) is 0.616. The average molecular weight is 1640 g/mol. The molecular weight excluding hydrogens is 1530 g/mol. The summed E-state index contributed by atoms with van der Waals surface area (Å²) in [4.78, 5) is 277. The second-order valence-corrected chi connectivity index (χ2v) is 28.7. The average Bonchev–Trinajstić information content (AvgIpc) is 1.40. The van der Waals surface area contributed by atoms with Crippen LogP contribution in [0.5, 0.6) is 0 Å². The zero-order valence-corrected chi connectivity index (χ0v) is 66.0. The summed E-state index contributed by atoms with van der Waals surface area (Å²) in [6, 6.07) is -15.3. The number of ether oxygens (including phenoxy) is 1. The molecule has 24 N–H and O–H groups in total. The number of cyclic esters (lactones) is 1. The van der Waals surface area contributed by atoms with Crippen LogP contribution in [0.3, 0.4) is 0 Å². The summed E-state index contributed by atoms with van der Waals surface area (Å²) in [6.45, 7) is 7.93. The van der Waals surface area contributed by atoms with Gasteiger partial charge in [0, 0.05) is 43.4 Å². The number of likely N-dealkylation sites (N-methyl/N-ethyl adjacent to an activating group) is 1. The second kappa shape index (κ2) is 49.0. The molecule has 0 radical (unpaired) electrons. The van der Waals surface area contributed by atoms with Gasteiger partial charge in [-0.15, -0.1) is 0 Å². The van der Waals surface area contributed by atoms with Gasteiger partial charge in [-0.05, 0) is 81.9 Å². The Hall–Kier alpha value is -11.9. The van der Waals surface area contributed by atoms with E-state index >= 15 is 4.79 Å². The third kappa shape index (κ3) is 33.6. The molecule has 2 aromatic rings. The first-order valence-corrected chi connectivity index (χ1v) is 37.9. The van der Waals surface area contributed by atoms with Gasteiger partial charge in [-0.3, -0.25) is 91.1 Å². The van der Waals surface area contributed by atoms with Crippen molar-refractivity contribution in [3.8, 4) is 0 Å². The number of benzene rings is 1. The lowest BCUT2D eigenvalue weighted by atomic mass is 9.94. The Balaban J connectivity index is 2.28. The number of nitrogens with one attached hydrogen (secondary N) is 13. The maximum absolute atomic E-state index is 15.0. The van der Waals surface area contributed by atoms with E-state index in [0.717, 1.165) is 53.5 Å². The van der Waals surface area contributed by atoms with Gasteiger partial charge in [-0.25, -0.2) is 4.79 Å². The molecule has 3 unspecified atom stereocenters. The van der Waals surface area contributed by atoms with Gasteiger partial charge in [0.2, 0.25) is 88.6 Å². The lowest BCUT2D eigenvalue weighted by Crippen LogP contribution is -2.64. The van der Waals surface area contributed by atoms with Gasteiger partial charge < -0.3 is 121 Å². The zero-order valence-electron chi connectivity index (χ0n) is 66.0. The first-order chi connectivity index (χ1) is 54.5. The molecule has 43 heteroatoms. The number of amides is 15. The van der Waals surface area contributed by atoms with Crippen LogP contribution in [0.2, 0.25) is 0 Å². The predicted molar refractivity (Wildman–Crippen MR) is 406 cm³/mol. The van der Waals surface area contributed by atoms with Crippen molar-refractivity contribution in [3.05, 3.63) is 36.0 Å². The smallest absolute Gasteiger partial charge is 0.329 e. The van der Waals surface area contributed by atoms with Crippen LogP contribution in [-0.4, -0.2) is 259 Å². The molecule has 0 saturated carbocycles. The third-order valence-corrected chi connectivity index (χ3v) is 19.1. The molecule has 16 atom stereocenters. The van der Waals surface area contributed by atoms with Crippen LogP contribution >= 0.6 is 0 Å². The second-order valence-electron chi connectivity index (χ2n) is 28.7. The van der Waals surface area contributed by atoms with Crippen LogP contribution in [0.25, 0.3) is 10.9 Å². The van der Waals surface area contributed by atoms with Crippen molar-refractivity contribution in [2.75, 3.05) is 26.7 Å². The third-order valence-electron chi connectivity index (χ3n) is 19.1. The maximum Gasteiger partial charge on any atom is 0.329 e. The summed E-state index contributed by atoms with van der Waals surface area (Å²) in [6.07, 6.45) is -4.84. The molecule has 1 saturated heterocycles. The largest absolute Gasteiger partial charge is 0.481 e. The number of aromatic nitrogens is 1. The lowest BCUT2D eigenvalue weighted by Gasteiger charge is -2.33. The number of hydrogen-bond donors (Lipinski definition) is 21. The molecule has 1 aromatic carbocycles. The number of unbranched alkanes of at least 4 members (excludes halogenated alkanes) is 4. The van der Waals surface area contributed by atoms with E-state index in [-0.39, 0.29) is 45.1 Å². The number of aliphatic carboxylic acids is 4. The summed E-state index contributed by atoms with van der Waals surface area (Å²) in [5, 5.41) is 78.1. The van der Waals surface area contributed by atoms with Gasteiger partial charge in [0.05, 0.1) is 38.8 Å². The number of aliphatic hydroxyl groups excluding tert-OH is 1. The number of carboxylic acid groups (broad SMARTS) is 4. The standard InChI is InChI=1S/C73H111N17O26/c1-9-35(3)19-13-11-12-14-23-50(92)80-45(28-40-32-77-42-21-16-15-20-41(40)42)67(109)83-44(24-25-53(95)96)66(108)89-60(61(103)62(76)104)71(113)88-59-39(7)116-73(115)58(36(4)10-2)87-70(112)57(37(5)27-54(97)98)86-69(111)46(29-49(75)91)81-51(93)33-78-64(106)47(30-55(99)100)85-65(107)43(22-17-18-26-74)82-68(110)48(31-56(101)102)84-63(105)38(6)79-52(94)34-90(8)72(59)114/h15-16,20-21,32,35-39,43-48,57-61,77,103H,9-14,17-19,22-31,33-34,74H2,1-8H3,(H2,75,91)(H2,76,104)(H,78,106)(H,79,94)(H,80,92)(H,81,93)(H,82,110)(H,83,109)(H,84,105)(H,85,107)(H,86,111)(H,87,112)(H,88,113)(H,89,108)(H,95,96)(H,97,98)(H,99,100)(H,101,102)/t35?,36-,37?,38-,39+,43+,44+,45-,46+,47-,48-,57-,58-,59-,60-,61?/m0/s1. The van der Waals surface area contributed by atoms with E-state index in [1.165, 1.54) is 13.8 Å². The summed E-state index contributed by atoms with van der Waals surface area (Å²) in [5.41, 5.74) is 17.8. The number of carbonyl (C=O) groups excluding carboxylic acids is 16. The Bertz CT molecular complexity index is 3860. The van der Waals surface area contributed by atoms with Gasteiger partial charge in [-0.1, -0.05) is 91.3 Å². The van der Waals surface area contributed by atoms with E-state index in [4.69, 9.17) is 21.9 Å². The Morgan fingerprint density at radius 3 is 1.78 bits per heavy atom. The highest BCUT2D eigenvalue weighted by Crippen LogP contribution is 2.22. The first kappa shape index (κ1) is 98.3. The van der Waals surface area contributed by atoms with Crippen molar-refractivity contribution >= 4 is 129 Å². The quantitative estimate of drug-likeness (QED) is 0.0222. The Morgan fingerprint density at radius 2 is 1.17 bits per heavy atom. The van der Waals surface area contributed by atoms with E-state index in [1.807, 2.05) is 10.6 Å². The highest BCUT2D eigenvalue weighted by molar-refractivity contribution is 6.02. The molecule has 1 aliphatic heterocycles.